The van der Waals surface area contributed by atoms with Crippen LogP contribution in [0.5, 0.6) is 0 Å². The molecular weight excluding hydrogens is 284 g/mol. The van der Waals surface area contributed by atoms with Crippen LogP contribution in [-0.2, 0) is 9.53 Å². The Kier molecular flexibility index (Phi) is 7.02. The van der Waals surface area contributed by atoms with E-state index in [1.807, 2.05) is 25.2 Å². The second-order valence-electron chi connectivity index (χ2n) is 6.60. The highest BCUT2D eigenvalue weighted by molar-refractivity contribution is 5.83. The largest absolute Gasteiger partial charge is 0.466 e. The van der Waals surface area contributed by atoms with Crippen molar-refractivity contribution in [3.8, 4) is 0 Å². The van der Waals surface area contributed by atoms with E-state index in [2.05, 4.69) is 56.7 Å². The van der Waals surface area contributed by atoms with Gasteiger partial charge in [0, 0.05) is 6.08 Å². The van der Waals surface area contributed by atoms with E-state index in [0.29, 0.717) is 0 Å². The number of allylic oxidation sites excluding steroid dienone is 11. The zero-order valence-electron chi connectivity index (χ0n) is 15.1. The number of hydrogen-bond donors (Lipinski definition) is 0. The van der Waals surface area contributed by atoms with Gasteiger partial charge < -0.3 is 4.74 Å². The van der Waals surface area contributed by atoms with Crippen molar-refractivity contribution in [2.75, 3.05) is 7.11 Å². The zero-order valence-corrected chi connectivity index (χ0v) is 15.1. The normalized spacial score (nSPS) is 19.0. The lowest BCUT2D eigenvalue weighted by molar-refractivity contribution is -0.134. The third kappa shape index (κ3) is 6.27. The van der Waals surface area contributed by atoms with Gasteiger partial charge in [0.2, 0.25) is 0 Å². The van der Waals surface area contributed by atoms with Crippen LogP contribution in [-0.4, -0.2) is 13.1 Å². The molecule has 0 aliphatic heterocycles. The summed E-state index contributed by atoms with van der Waals surface area (Å²) in [7, 11) is 1.38. The van der Waals surface area contributed by atoms with Crippen LogP contribution >= 0.6 is 0 Å². The summed E-state index contributed by atoms with van der Waals surface area (Å²) in [6.45, 7) is 10.7. The molecule has 124 valence electrons. The van der Waals surface area contributed by atoms with Gasteiger partial charge >= 0.3 is 5.97 Å². The van der Waals surface area contributed by atoms with Crippen molar-refractivity contribution in [3.05, 3.63) is 70.9 Å². The Morgan fingerprint density at radius 1 is 1.22 bits per heavy atom. The highest BCUT2D eigenvalue weighted by Crippen LogP contribution is 2.37. The van der Waals surface area contributed by atoms with Crippen molar-refractivity contribution < 1.29 is 9.53 Å². The number of carbonyl (C=O) groups is 1. The molecule has 0 unspecified atom stereocenters. The predicted octanol–water partition coefficient (Wildman–Crippen LogP) is 5.47. The Labute approximate surface area is 140 Å². The molecule has 0 amide bonds. The second kappa shape index (κ2) is 8.52. The van der Waals surface area contributed by atoms with Crippen LogP contribution in [0.4, 0.5) is 0 Å². The van der Waals surface area contributed by atoms with E-state index in [4.69, 9.17) is 0 Å². The smallest absolute Gasteiger partial charge is 0.330 e. The molecule has 0 aromatic heterocycles. The summed E-state index contributed by atoms with van der Waals surface area (Å²) in [5, 5.41) is 0. The molecule has 23 heavy (non-hydrogen) atoms. The van der Waals surface area contributed by atoms with Gasteiger partial charge in [-0.1, -0.05) is 62.0 Å². The van der Waals surface area contributed by atoms with E-state index >= 15 is 0 Å². The van der Waals surface area contributed by atoms with E-state index < -0.39 is 0 Å². The minimum absolute atomic E-state index is 0.186. The van der Waals surface area contributed by atoms with Gasteiger partial charge in [-0.15, -0.1) is 0 Å². The number of rotatable bonds is 5. The Balaban J connectivity index is 2.79. The van der Waals surface area contributed by atoms with Gasteiger partial charge in [-0.2, -0.15) is 0 Å². The minimum atomic E-state index is -0.331. The maximum absolute atomic E-state index is 11.1. The van der Waals surface area contributed by atoms with Crippen molar-refractivity contribution in [2.24, 2.45) is 5.41 Å². The van der Waals surface area contributed by atoms with Crippen LogP contribution in [0.3, 0.4) is 0 Å². The van der Waals surface area contributed by atoms with Gasteiger partial charge in [-0.25, -0.2) is 4.79 Å². The monoisotopic (exact) mass is 312 g/mol. The van der Waals surface area contributed by atoms with Gasteiger partial charge in [0.05, 0.1) is 7.11 Å². The molecule has 0 saturated carbocycles. The average Bonchev–Trinajstić information content (AvgIpc) is 2.45. The first-order chi connectivity index (χ1) is 10.8. The maximum atomic E-state index is 11.1. The lowest BCUT2D eigenvalue weighted by Crippen LogP contribution is -2.16. The summed E-state index contributed by atoms with van der Waals surface area (Å²) in [6, 6.07) is 0. The fourth-order valence-electron chi connectivity index (χ4n) is 2.54. The minimum Gasteiger partial charge on any atom is -0.466 e. The molecular formula is C21H28O2. The molecule has 1 aliphatic carbocycles. The molecule has 0 radical (unpaired) electrons. The summed E-state index contributed by atoms with van der Waals surface area (Å²) >= 11 is 0. The molecule has 0 N–H and O–H groups in total. The average molecular weight is 312 g/mol. The summed E-state index contributed by atoms with van der Waals surface area (Å²) in [6.07, 6.45) is 17.2. The van der Waals surface area contributed by atoms with E-state index in [1.165, 1.54) is 24.3 Å². The Morgan fingerprint density at radius 3 is 2.52 bits per heavy atom. The van der Waals surface area contributed by atoms with Crippen molar-refractivity contribution >= 4 is 5.97 Å². The predicted molar refractivity (Wildman–Crippen MR) is 98.0 cm³/mol. The molecule has 0 aromatic rings. The highest BCUT2D eigenvalue weighted by atomic mass is 16.5. The Morgan fingerprint density at radius 2 is 1.91 bits per heavy atom. The van der Waals surface area contributed by atoms with Crippen LogP contribution < -0.4 is 0 Å². The fraction of sp³-hybridized carbons (Fsp3) is 0.381. The van der Waals surface area contributed by atoms with E-state index in [9.17, 15) is 4.79 Å². The Bertz CT molecular complexity index is 620. The van der Waals surface area contributed by atoms with Crippen molar-refractivity contribution in [2.45, 2.75) is 41.0 Å². The van der Waals surface area contributed by atoms with E-state index in [1.54, 1.807) is 0 Å². The lowest BCUT2D eigenvalue weighted by atomic mass is 9.75. The molecule has 0 heterocycles. The first-order valence-electron chi connectivity index (χ1n) is 7.93. The number of hydrogen-bond acceptors (Lipinski definition) is 2. The number of carbonyl (C=O) groups excluding carboxylic acids is 1. The maximum Gasteiger partial charge on any atom is 0.330 e. The SMILES string of the molecule is COC(=O)\C=C(C)/C=C/C=C(C)/C=C/C1=C(C)C=CCC1(C)C. The van der Waals surface area contributed by atoms with E-state index in [0.717, 1.165) is 17.6 Å². The van der Waals surface area contributed by atoms with Crippen LogP contribution in [0.15, 0.2) is 70.9 Å². The van der Waals surface area contributed by atoms with Gasteiger partial charge in [0.25, 0.3) is 0 Å². The number of ether oxygens (including phenoxy) is 1. The topological polar surface area (TPSA) is 26.3 Å². The molecule has 0 atom stereocenters. The van der Waals surface area contributed by atoms with Crippen molar-refractivity contribution in [3.63, 3.8) is 0 Å². The standard InChI is InChI=1S/C21H28O2/c1-16(9-7-10-17(2)15-20(22)23-6)12-13-19-18(3)11-8-14-21(19,4)5/h7-13,15H,14H2,1-6H3/b10-7+,13-12+,16-9+,17-15-. The first kappa shape index (κ1) is 19.0. The van der Waals surface area contributed by atoms with Crippen molar-refractivity contribution in [1.29, 1.82) is 0 Å². The molecule has 1 aliphatic rings. The third-order valence-electron chi connectivity index (χ3n) is 3.93. The molecule has 2 heteroatoms. The molecule has 2 nitrogen and oxygen atoms in total. The molecule has 0 fully saturated rings. The highest BCUT2D eigenvalue weighted by Gasteiger charge is 2.23. The number of esters is 1. The van der Waals surface area contributed by atoms with Gasteiger partial charge in [0.1, 0.15) is 0 Å². The quantitative estimate of drug-likeness (QED) is 0.382. The molecule has 0 aromatic carbocycles. The summed E-state index contributed by atoms with van der Waals surface area (Å²) in [5.41, 5.74) is 4.93. The molecule has 0 saturated heterocycles. The second-order valence-corrected chi connectivity index (χ2v) is 6.60. The first-order valence-corrected chi connectivity index (χ1v) is 7.93. The van der Waals surface area contributed by atoms with E-state index in [-0.39, 0.29) is 11.4 Å². The molecule has 1 rings (SSSR count). The van der Waals surface area contributed by atoms with Crippen LogP contribution in [0.25, 0.3) is 0 Å². The number of methoxy groups -OCH3 is 1. The van der Waals surface area contributed by atoms with Crippen LogP contribution in [0.2, 0.25) is 0 Å². The van der Waals surface area contributed by atoms with Gasteiger partial charge in [0.15, 0.2) is 0 Å². The molecule has 0 spiro atoms. The fourth-order valence-corrected chi connectivity index (χ4v) is 2.54. The van der Waals surface area contributed by atoms with Crippen LogP contribution in [0, 0.1) is 5.41 Å². The summed E-state index contributed by atoms with van der Waals surface area (Å²) < 4.78 is 4.60. The van der Waals surface area contributed by atoms with Gasteiger partial charge in [-0.05, 0) is 49.3 Å². The van der Waals surface area contributed by atoms with Gasteiger partial charge in [-0.3, -0.25) is 0 Å². The zero-order chi connectivity index (χ0) is 17.5. The summed E-state index contributed by atoms with van der Waals surface area (Å²) in [4.78, 5) is 11.1. The van der Waals surface area contributed by atoms with Crippen LogP contribution in [0.1, 0.15) is 41.0 Å². The summed E-state index contributed by atoms with van der Waals surface area (Å²) in [5.74, 6) is -0.331. The van der Waals surface area contributed by atoms with Crippen molar-refractivity contribution in [1.82, 2.24) is 0 Å². The Hall–Kier alpha value is -2.09. The lowest BCUT2D eigenvalue weighted by Gasteiger charge is -2.29. The third-order valence-corrected chi connectivity index (χ3v) is 3.93. The molecule has 0 bridgehead atoms.